The maximum atomic E-state index is 13.3. The fourth-order valence-corrected chi connectivity index (χ4v) is 6.36. The molecule has 1 N–H and O–H groups in total. The standard InChI is InChI=1S/C31H30F3N7S/c1-2-39-14-16-40(17-15-39)26-19-27-25(18-24(26)36-30-38-37-29(42-30)21-6-4-3-5-7-21)35-28(41(27)23-12-13-23)20-8-10-22(11-9-20)31(32,33)34/h3-11,18-19,23H,2,12-17H2,1H3,(H,36,38). The van der Waals surface area contributed by atoms with E-state index < -0.39 is 11.7 Å². The normalized spacial score (nSPS) is 16.3. The first-order valence-electron chi connectivity index (χ1n) is 14.2. The van der Waals surface area contributed by atoms with E-state index in [9.17, 15) is 13.2 Å². The van der Waals surface area contributed by atoms with Crippen LogP contribution >= 0.6 is 11.3 Å². The number of imidazole rings is 1. The zero-order valence-corrected chi connectivity index (χ0v) is 23.9. The zero-order valence-electron chi connectivity index (χ0n) is 23.1. The highest BCUT2D eigenvalue weighted by molar-refractivity contribution is 7.18. The van der Waals surface area contributed by atoms with Crippen molar-refractivity contribution < 1.29 is 13.2 Å². The molecule has 1 aliphatic heterocycles. The number of aromatic nitrogens is 4. The summed E-state index contributed by atoms with van der Waals surface area (Å²) >= 11 is 1.49. The van der Waals surface area contributed by atoms with Crippen LogP contribution in [0, 0.1) is 0 Å². The maximum absolute atomic E-state index is 13.3. The number of nitrogens with one attached hydrogen (secondary N) is 1. The van der Waals surface area contributed by atoms with Crippen LogP contribution in [0.4, 0.5) is 29.7 Å². The van der Waals surface area contributed by atoms with Crippen molar-refractivity contribution in [3.63, 3.8) is 0 Å². The fourth-order valence-electron chi connectivity index (χ4n) is 5.60. The summed E-state index contributed by atoms with van der Waals surface area (Å²) in [6.45, 7) is 6.94. The minimum absolute atomic E-state index is 0.285. The molecule has 3 heterocycles. The van der Waals surface area contributed by atoms with Crippen molar-refractivity contribution >= 4 is 38.9 Å². The van der Waals surface area contributed by atoms with E-state index >= 15 is 0 Å². The Labute approximate surface area is 245 Å². The van der Waals surface area contributed by atoms with E-state index in [-0.39, 0.29) is 6.04 Å². The Hall–Kier alpha value is -3.96. The molecule has 11 heteroatoms. The fraction of sp³-hybridized carbons (Fsp3) is 0.323. The molecule has 7 nitrogen and oxygen atoms in total. The molecule has 7 rings (SSSR count). The molecule has 1 saturated carbocycles. The van der Waals surface area contributed by atoms with Crippen LogP contribution in [0.3, 0.4) is 0 Å². The highest BCUT2D eigenvalue weighted by Gasteiger charge is 2.32. The zero-order chi connectivity index (χ0) is 28.8. The molecule has 1 aliphatic carbocycles. The van der Waals surface area contributed by atoms with E-state index in [4.69, 9.17) is 4.98 Å². The summed E-state index contributed by atoms with van der Waals surface area (Å²) < 4.78 is 42.0. The molecule has 0 amide bonds. The number of hydrogen-bond donors (Lipinski definition) is 1. The molecule has 216 valence electrons. The molecule has 2 fully saturated rings. The van der Waals surface area contributed by atoms with Gasteiger partial charge in [0.1, 0.15) is 10.8 Å². The average Bonchev–Trinajstić information content (AvgIpc) is 3.62. The van der Waals surface area contributed by atoms with Crippen LogP contribution in [0.2, 0.25) is 0 Å². The molecule has 0 spiro atoms. The number of likely N-dealkylation sites (N-methyl/N-ethyl adjacent to an activating group) is 1. The minimum Gasteiger partial charge on any atom is -0.367 e. The van der Waals surface area contributed by atoms with Crippen LogP contribution in [0.25, 0.3) is 33.0 Å². The first-order valence-corrected chi connectivity index (χ1v) is 15.1. The number of benzene rings is 3. The van der Waals surface area contributed by atoms with Gasteiger partial charge in [0.2, 0.25) is 5.13 Å². The molecule has 42 heavy (non-hydrogen) atoms. The number of anilines is 3. The highest BCUT2D eigenvalue weighted by Crippen LogP contribution is 2.44. The lowest BCUT2D eigenvalue weighted by Gasteiger charge is -2.36. The van der Waals surface area contributed by atoms with Gasteiger partial charge in [0.05, 0.1) is 28.0 Å². The topological polar surface area (TPSA) is 62.1 Å². The van der Waals surface area contributed by atoms with Gasteiger partial charge in [0.25, 0.3) is 0 Å². The Morgan fingerprint density at radius 2 is 1.64 bits per heavy atom. The number of halogens is 3. The second-order valence-corrected chi connectivity index (χ2v) is 11.8. The number of hydrogen-bond acceptors (Lipinski definition) is 7. The molecule has 0 bridgehead atoms. The first-order chi connectivity index (χ1) is 20.4. The van der Waals surface area contributed by atoms with Crippen molar-refractivity contribution in [3.05, 3.63) is 72.3 Å². The van der Waals surface area contributed by atoms with E-state index in [0.29, 0.717) is 16.5 Å². The summed E-state index contributed by atoms with van der Waals surface area (Å²) in [5, 5.41) is 13.9. The number of alkyl halides is 3. The SMILES string of the molecule is CCN1CCN(c2cc3c(cc2Nc2nnc(-c4ccccc4)s2)nc(-c2ccc(C(F)(F)F)cc2)n3C2CC2)CC1. The van der Waals surface area contributed by atoms with Crippen molar-refractivity contribution in [2.24, 2.45) is 0 Å². The summed E-state index contributed by atoms with van der Waals surface area (Å²) in [4.78, 5) is 9.82. The monoisotopic (exact) mass is 589 g/mol. The van der Waals surface area contributed by atoms with Crippen LogP contribution in [0.1, 0.15) is 31.4 Å². The Balaban J connectivity index is 1.31. The summed E-state index contributed by atoms with van der Waals surface area (Å²) in [7, 11) is 0. The summed E-state index contributed by atoms with van der Waals surface area (Å²) in [6.07, 6.45) is -2.33. The molecule has 1 saturated heterocycles. The highest BCUT2D eigenvalue weighted by atomic mass is 32.1. The first kappa shape index (κ1) is 26.9. The lowest BCUT2D eigenvalue weighted by molar-refractivity contribution is -0.137. The number of piperazine rings is 1. The predicted molar refractivity (Wildman–Crippen MR) is 161 cm³/mol. The van der Waals surface area contributed by atoms with Crippen molar-refractivity contribution in [2.45, 2.75) is 32.0 Å². The van der Waals surface area contributed by atoms with E-state index in [1.54, 1.807) is 0 Å². The summed E-state index contributed by atoms with van der Waals surface area (Å²) in [5.74, 6) is 0.697. The Bertz CT molecular complexity index is 1700. The molecule has 0 unspecified atom stereocenters. The van der Waals surface area contributed by atoms with Crippen LogP contribution < -0.4 is 10.2 Å². The lowest BCUT2D eigenvalue weighted by atomic mass is 10.1. The Morgan fingerprint density at radius 1 is 0.905 bits per heavy atom. The van der Waals surface area contributed by atoms with Crippen molar-refractivity contribution in [1.29, 1.82) is 0 Å². The van der Waals surface area contributed by atoms with Crippen LogP contribution in [-0.4, -0.2) is 57.4 Å². The second-order valence-electron chi connectivity index (χ2n) is 10.8. The molecule has 5 aromatic rings. The number of nitrogens with zero attached hydrogens (tertiary/aromatic N) is 6. The third kappa shape index (κ3) is 5.22. The summed E-state index contributed by atoms with van der Waals surface area (Å²) in [6, 6.07) is 19.8. The maximum Gasteiger partial charge on any atom is 0.416 e. The Kier molecular flexibility index (Phi) is 6.86. The van der Waals surface area contributed by atoms with Gasteiger partial charge in [0, 0.05) is 43.3 Å². The molecule has 0 atom stereocenters. The molecular weight excluding hydrogens is 559 g/mol. The predicted octanol–water partition coefficient (Wildman–Crippen LogP) is 7.46. The van der Waals surface area contributed by atoms with Gasteiger partial charge < -0.3 is 19.7 Å². The quantitative estimate of drug-likeness (QED) is 0.213. The van der Waals surface area contributed by atoms with Crippen LogP contribution in [-0.2, 0) is 6.18 Å². The number of rotatable bonds is 7. The molecule has 2 aromatic heterocycles. The van der Waals surface area contributed by atoms with E-state index in [0.717, 1.165) is 90.7 Å². The van der Waals surface area contributed by atoms with E-state index in [1.165, 1.54) is 23.5 Å². The van der Waals surface area contributed by atoms with Crippen LogP contribution in [0.5, 0.6) is 0 Å². The van der Waals surface area contributed by atoms with Gasteiger partial charge in [-0.15, -0.1) is 10.2 Å². The molecule has 2 aliphatic rings. The van der Waals surface area contributed by atoms with Gasteiger partial charge in [-0.2, -0.15) is 13.2 Å². The third-order valence-corrected chi connectivity index (χ3v) is 8.92. The van der Waals surface area contributed by atoms with Crippen LogP contribution in [0.15, 0.2) is 66.7 Å². The third-order valence-electron chi connectivity index (χ3n) is 8.04. The molecule has 0 radical (unpaired) electrons. The van der Waals surface area contributed by atoms with Gasteiger partial charge in [-0.05, 0) is 43.7 Å². The van der Waals surface area contributed by atoms with Crippen molar-refractivity contribution in [2.75, 3.05) is 42.9 Å². The van der Waals surface area contributed by atoms with Gasteiger partial charge in [-0.3, -0.25) is 0 Å². The second kappa shape index (κ2) is 10.7. The Morgan fingerprint density at radius 3 is 2.31 bits per heavy atom. The van der Waals surface area contributed by atoms with Gasteiger partial charge >= 0.3 is 6.18 Å². The molecule has 3 aromatic carbocycles. The number of fused-ring (bicyclic) bond motifs is 1. The van der Waals surface area contributed by atoms with Crippen molar-refractivity contribution in [3.8, 4) is 22.0 Å². The smallest absolute Gasteiger partial charge is 0.367 e. The van der Waals surface area contributed by atoms with Gasteiger partial charge in [-0.25, -0.2) is 4.98 Å². The lowest BCUT2D eigenvalue weighted by Crippen LogP contribution is -2.46. The largest absolute Gasteiger partial charge is 0.416 e. The van der Waals surface area contributed by atoms with Gasteiger partial charge in [0.15, 0.2) is 0 Å². The summed E-state index contributed by atoms with van der Waals surface area (Å²) in [5.41, 5.74) is 4.77. The molecular formula is C31H30F3N7S. The van der Waals surface area contributed by atoms with E-state index in [1.807, 2.05) is 36.4 Å². The minimum atomic E-state index is -4.38. The average molecular weight is 590 g/mol. The van der Waals surface area contributed by atoms with Crippen molar-refractivity contribution in [1.82, 2.24) is 24.6 Å². The van der Waals surface area contributed by atoms with Gasteiger partial charge in [-0.1, -0.05) is 60.7 Å². The van der Waals surface area contributed by atoms with E-state index in [2.05, 4.69) is 42.9 Å².